The smallest absolute Gasteiger partial charge is 0.315 e. The second-order valence-electron chi connectivity index (χ2n) is 2.44. The summed E-state index contributed by atoms with van der Waals surface area (Å²) >= 11 is 1.63. The quantitative estimate of drug-likeness (QED) is 0.370. The Balaban J connectivity index is 3.45. The van der Waals surface area contributed by atoms with Gasteiger partial charge in [0.2, 0.25) is 5.75 Å². The maximum Gasteiger partial charge on any atom is 0.315 e. The Morgan fingerprint density at radius 1 is 1.67 bits per heavy atom. The van der Waals surface area contributed by atoms with Crippen LogP contribution in [-0.4, -0.2) is 17.0 Å². The summed E-state index contributed by atoms with van der Waals surface area (Å²) in [6.07, 6.45) is -2.91. The first-order valence-electron chi connectivity index (χ1n) is 3.64. The molecule has 0 unspecified atom stereocenters. The predicted molar refractivity (Wildman–Crippen MR) is 55.1 cm³/mol. The summed E-state index contributed by atoms with van der Waals surface area (Å²) in [6.45, 7) is 0. The van der Waals surface area contributed by atoms with Gasteiger partial charge in [0, 0.05) is 0 Å². The molecule has 0 aliphatic rings. The first kappa shape index (κ1) is 12.0. The van der Waals surface area contributed by atoms with E-state index in [2.05, 4.69) is 9.72 Å². The molecule has 15 heavy (non-hydrogen) atoms. The summed E-state index contributed by atoms with van der Waals surface area (Å²) in [5.74, 6) is -0.490. The molecule has 0 bridgehead atoms. The van der Waals surface area contributed by atoms with Gasteiger partial charge in [-0.1, -0.05) is 0 Å². The highest BCUT2D eigenvalue weighted by Gasteiger charge is 2.26. The lowest BCUT2D eigenvalue weighted by molar-refractivity contribution is -0.386. The van der Waals surface area contributed by atoms with Crippen molar-refractivity contribution in [1.82, 2.24) is 4.98 Å². The molecule has 82 valence electrons. The van der Waals surface area contributed by atoms with Crippen LogP contribution in [0.1, 0.15) is 12.1 Å². The normalized spacial score (nSPS) is 10.5. The van der Waals surface area contributed by atoms with Gasteiger partial charge < -0.3 is 4.74 Å². The average molecular weight is 330 g/mol. The van der Waals surface area contributed by atoms with Crippen LogP contribution >= 0.6 is 22.6 Å². The fourth-order valence-electron chi connectivity index (χ4n) is 1.00. The van der Waals surface area contributed by atoms with Crippen LogP contribution < -0.4 is 4.74 Å². The highest BCUT2D eigenvalue weighted by molar-refractivity contribution is 14.1. The fourth-order valence-corrected chi connectivity index (χ4v) is 1.56. The summed E-state index contributed by atoms with van der Waals surface area (Å²) in [4.78, 5) is 13.3. The third-order valence-electron chi connectivity index (χ3n) is 1.56. The van der Waals surface area contributed by atoms with E-state index >= 15 is 0 Å². The molecule has 0 aliphatic carbocycles. The van der Waals surface area contributed by atoms with E-state index in [1.165, 1.54) is 0 Å². The number of nitro groups is 1. The van der Waals surface area contributed by atoms with Crippen LogP contribution in [-0.2, 0) is 0 Å². The number of nitrogens with zero attached hydrogens (tertiary/aromatic N) is 2. The molecule has 5 nitrogen and oxygen atoms in total. The number of hydrogen-bond acceptors (Lipinski definition) is 4. The molecule has 0 saturated heterocycles. The minimum atomic E-state index is -2.91. The monoisotopic (exact) mass is 330 g/mol. The van der Waals surface area contributed by atoms with Gasteiger partial charge in [0.25, 0.3) is 6.43 Å². The number of rotatable bonds is 3. The van der Waals surface area contributed by atoms with E-state index in [9.17, 15) is 18.9 Å². The molecule has 8 heteroatoms. The zero-order chi connectivity index (χ0) is 11.6. The van der Waals surface area contributed by atoms with Gasteiger partial charge in [0.15, 0.2) is 5.69 Å². The van der Waals surface area contributed by atoms with Gasteiger partial charge in [-0.25, -0.2) is 13.8 Å². The summed E-state index contributed by atoms with van der Waals surface area (Å²) < 4.78 is 29.6. The number of methoxy groups -OCH3 is 1. The molecule has 0 N–H and O–H groups in total. The van der Waals surface area contributed by atoms with Crippen LogP contribution in [0.5, 0.6) is 5.75 Å². The van der Waals surface area contributed by atoms with Crippen LogP contribution in [0, 0.1) is 13.8 Å². The Hall–Kier alpha value is -1.06. The minimum absolute atomic E-state index is 0.121. The molecule has 0 aliphatic heterocycles. The second kappa shape index (κ2) is 4.64. The molecule has 0 atom stereocenters. The number of aromatic nitrogens is 1. The van der Waals surface area contributed by atoms with Gasteiger partial charge in [0.05, 0.1) is 18.1 Å². The molecule has 1 rings (SSSR count). The molecule has 0 amide bonds. The van der Waals surface area contributed by atoms with Gasteiger partial charge in [0.1, 0.15) is 3.70 Å². The van der Waals surface area contributed by atoms with Gasteiger partial charge in [-0.05, 0) is 22.6 Å². The summed E-state index contributed by atoms with van der Waals surface area (Å²) in [6, 6.07) is 1.07. The van der Waals surface area contributed by atoms with Crippen molar-refractivity contribution < 1.29 is 18.4 Å². The Morgan fingerprint density at radius 2 is 2.27 bits per heavy atom. The van der Waals surface area contributed by atoms with Crippen LogP contribution in [0.2, 0.25) is 0 Å². The summed E-state index contributed by atoms with van der Waals surface area (Å²) in [5.41, 5.74) is -1.22. The Kier molecular flexibility index (Phi) is 3.72. The van der Waals surface area contributed by atoms with Crippen molar-refractivity contribution in [1.29, 1.82) is 0 Å². The Labute approximate surface area is 96.7 Å². The zero-order valence-electron chi connectivity index (χ0n) is 7.41. The third kappa shape index (κ3) is 2.49. The molecular weight excluding hydrogens is 325 g/mol. The first-order chi connectivity index (χ1) is 6.97. The SMILES string of the molecule is COc1c([N+](=O)[O-])cc(I)nc1C(F)F. The lowest BCUT2D eigenvalue weighted by atomic mass is 10.3. The second-order valence-corrected chi connectivity index (χ2v) is 3.55. The van der Waals surface area contributed by atoms with Gasteiger partial charge in [-0.2, -0.15) is 0 Å². The van der Waals surface area contributed by atoms with Gasteiger partial charge >= 0.3 is 5.69 Å². The van der Waals surface area contributed by atoms with Crippen LogP contribution in [0.3, 0.4) is 0 Å². The molecule has 1 aromatic rings. The standard InChI is InChI=1S/C7H5F2IN2O3/c1-15-6-3(12(13)14)2-4(10)11-5(6)7(8)9/h2,7H,1H3. The summed E-state index contributed by atoms with van der Waals surface area (Å²) in [5, 5.41) is 10.6. The minimum Gasteiger partial charge on any atom is -0.489 e. The van der Waals surface area contributed by atoms with Crippen LogP contribution in [0.15, 0.2) is 6.07 Å². The topological polar surface area (TPSA) is 65.3 Å². The number of pyridine rings is 1. The maximum absolute atomic E-state index is 12.5. The highest BCUT2D eigenvalue weighted by atomic mass is 127. The van der Waals surface area contributed by atoms with Crippen molar-refractivity contribution in [3.05, 3.63) is 25.6 Å². The van der Waals surface area contributed by atoms with E-state index < -0.39 is 28.5 Å². The molecule has 1 heterocycles. The summed E-state index contributed by atoms with van der Waals surface area (Å²) in [7, 11) is 1.09. The Morgan fingerprint density at radius 3 is 2.67 bits per heavy atom. The highest BCUT2D eigenvalue weighted by Crippen LogP contribution is 2.35. The fraction of sp³-hybridized carbons (Fsp3) is 0.286. The van der Waals surface area contributed by atoms with E-state index in [4.69, 9.17) is 0 Å². The number of alkyl halides is 2. The maximum atomic E-state index is 12.5. The van der Waals surface area contributed by atoms with Crippen molar-refractivity contribution >= 4 is 28.3 Å². The van der Waals surface area contributed by atoms with Gasteiger partial charge in [-0.15, -0.1) is 0 Å². The predicted octanol–water partition coefficient (Wildman–Crippen LogP) is 2.54. The largest absolute Gasteiger partial charge is 0.489 e. The average Bonchev–Trinajstić information content (AvgIpc) is 2.16. The van der Waals surface area contributed by atoms with Crippen molar-refractivity contribution in [2.75, 3.05) is 7.11 Å². The number of ether oxygens (including phenoxy) is 1. The molecule has 0 fully saturated rings. The van der Waals surface area contributed by atoms with Crippen molar-refractivity contribution in [3.63, 3.8) is 0 Å². The lowest BCUT2D eigenvalue weighted by Gasteiger charge is -2.07. The molecule has 0 spiro atoms. The molecule has 0 radical (unpaired) electrons. The molecule has 1 aromatic heterocycles. The molecule has 0 saturated carbocycles. The number of halogens is 3. The van der Waals surface area contributed by atoms with Crippen LogP contribution in [0.4, 0.5) is 14.5 Å². The number of hydrogen-bond donors (Lipinski definition) is 0. The molecule has 0 aromatic carbocycles. The van der Waals surface area contributed by atoms with E-state index in [-0.39, 0.29) is 3.70 Å². The van der Waals surface area contributed by atoms with Crippen LogP contribution in [0.25, 0.3) is 0 Å². The molecular formula is C7H5F2IN2O3. The zero-order valence-corrected chi connectivity index (χ0v) is 9.57. The van der Waals surface area contributed by atoms with E-state index in [1.807, 2.05) is 0 Å². The lowest BCUT2D eigenvalue weighted by Crippen LogP contribution is -2.02. The Bertz CT molecular complexity index is 400. The van der Waals surface area contributed by atoms with Gasteiger partial charge in [-0.3, -0.25) is 10.1 Å². The van der Waals surface area contributed by atoms with Crippen molar-refractivity contribution in [3.8, 4) is 5.75 Å². The van der Waals surface area contributed by atoms with E-state index in [0.717, 1.165) is 13.2 Å². The van der Waals surface area contributed by atoms with E-state index in [1.54, 1.807) is 22.6 Å². The van der Waals surface area contributed by atoms with Crippen molar-refractivity contribution in [2.24, 2.45) is 0 Å². The van der Waals surface area contributed by atoms with E-state index in [0.29, 0.717) is 0 Å². The first-order valence-corrected chi connectivity index (χ1v) is 4.72. The van der Waals surface area contributed by atoms with Crippen molar-refractivity contribution in [2.45, 2.75) is 6.43 Å². The third-order valence-corrected chi connectivity index (χ3v) is 2.11.